The second kappa shape index (κ2) is 9.57. The molecular weight excluding hydrogens is 589 g/mol. The highest BCUT2D eigenvalue weighted by atomic mass is 32.1. The molecular formula is C40H22N2OS2. The molecule has 0 fully saturated rings. The lowest BCUT2D eigenvalue weighted by molar-refractivity contribution is 0.669. The van der Waals surface area contributed by atoms with E-state index >= 15 is 0 Å². The molecule has 4 heterocycles. The summed E-state index contributed by atoms with van der Waals surface area (Å²) in [7, 11) is 0. The van der Waals surface area contributed by atoms with Gasteiger partial charge in [-0.3, -0.25) is 0 Å². The van der Waals surface area contributed by atoms with Crippen molar-refractivity contribution in [2.45, 2.75) is 0 Å². The molecule has 0 N–H and O–H groups in total. The predicted molar refractivity (Wildman–Crippen MR) is 191 cm³/mol. The van der Waals surface area contributed by atoms with Gasteiger partial charge in [-0.05, 0) is 60.7 Å². The molecule has 0 amide bonds. The molecule has 0 radical (unpaired) electrons. The van der Waals surface area contributed by atoms with E-state index in [4.69, 9.17) is 14.4 Å². The fourth-order valence-corrected chi connectivity index (χ4v) is 8.74. The summed E-state index contributed by atoms with van der Waals surface area (Å²) in [6.45, 7) is 0. The average Bonchev–Trinajstić information content (AvgIpc) is 3.78. The van der Waals surface area contributed by atoms with Gasteiger partial charge >= 0.3 is 0 Å². The minimum Gasteiger partial charge on any atom is -0.456 e. The number of rotatable bonds is 3. The molecule has 10 rings (SSSR count). The van der Waals surface area contributed by atoms with Crippen LogP contribution in [0.25, 0.3) is 96.2 Å². The van der Waals surface area contributed by atoms with Crippen LogP contribution in [0, 0.1) is 0 Å². The summed E-state index contributed by atoms with van der Waals surface area (Å²) in [4.78, 5) is 10.4. The quantitative estimate of drug-likeness (QED) is 0.200. The van der Waals surface area contributed by atoms with Crippen LogP contribution in [0.15, 0.2) is 138 Å². The number of nitrogens with zero attached hydrogens (tertiary/aromatic N) is 2. The van der Waals surface area contributed by atoms with Gasteiger partial charge in [-0.15, -0.1) is 22.7 Å². The number of fused-ring (bicyclic) bond motifs is 9. The van der Waals surface area contributed by atoms with E-state index in [2.05, 4.69) is 109 Å². The Morgan fingerprint density at radius 3 is 1.76 bits per heavy atom. The maximum absolute atomic E-state index is 6.12. The normalized spacial score (nSPS) is 12.0. The number of aromatic nitrogens is 2. The van der Waals surface area contributed by atoms with E-state index in [9.17, 15) is 0 Å². The van der Waals surface area contributed by atoms with Gasteiger partial charge in [0.15, 0.2) is 5.82 Å². The summed E-state index contributed by atoms with van der Waals surface area (Å²) in [5, 5.41) is 7.27. The van der Waals surface area contributed by atoms with Crippen molar-refractivity contribution in [1.82, 2.24) is 9.97 Å². The Hall–Kier alpha value is -5.36. The molecule has 0 aliphatic rings. The van der Waals surface area contributed by atoms with Gasteiger partial charge < -0.3 is 4.42 Å². The van der Waals surface area contributed by atoms with Crippen LogP contribution >= 0.6 is 22.7 Å². The molecule has 10 aromatic rings. The fraction of sp³-hybridized carbons (Fsp3) is 0. The standard InChI is InChI=1S/C40H22N2OS2/c1-4-10-34-26(7-1)30-20-25(14-17-35(30)43-34)40-41-32(23-15-18-38-31(19-23)28-9-3-6-12-37(28)44-38)22-33(42-40)24-13-16-29-27-8-2-5-11-36(27)45-39(29)21-24/h1-22H. The molecule has 0 spiro atoms. The van der Waals surface area contributed by atoms with Gasteiger partial charge in [-0.25, -0.2) is 9.97 Å². The Balaban J connectivity index is 1.20. The monoisotopic (exact) mass is 610 g/mol. The van der Waals surface area contributed by atoms with Crippen molar-refractivity contribution in [3.63, 3.8) is 0 Å². The van der Waals surface area contributed by atoms with Crippen molar-refractivity contribution in [1.29, 1.82) is 0 Å². The van der Waals surface area contributed by atoms with Crippen molar-refractivity contribution in [2.75, 3.05) is 0 Å². The molecule has 5 heteroatoms. The predicted octanol–water partition coefficient (Wildman–Crippen LogP) is 12.1. The number of thiophene rings is 2. The summed E-state index contributed by atoms with van der Waals surface area (Å²) in [6.07, 6.45) is 0. The van der Waals surface area contributed by atoms with E-state index in [1.807, 2.05) is 46.9 Å². The molecule has 6 aromatic carbocycles. The summed E-state index contributed by atoms with van der Waals surface area (Å²) >= 11 is 3.66. The molecule has 210 valence electrons. The Morgan fingerprint density at radius 2 is 0.933 bits per heavy atom. The van der Waals surface area contributed by atoms with Crippen LogP contribution in [0.2, 0.25) is 0 Å². The lowest BCUT2D eigenvalue weighted by Gasteiger charge is -2.10. The van der Waals surface area contributed by atoms with Crippen LogP contribution in [-0.2, 0) is 0 Å². The molecule has 0 saturated heterocycles. The SMILES string of the molecule is c1ccc2c(c1)oc1ccc(-c3nc(-c4ccc5c(c4)sc4ccccc45)cc(-c4ccc5sc6ccccc6c5c4)n3)cc12. The molecule has 3 nitrogen and oxygen atoms in total. The van der Waals surface area contributed by atoms with Gasteiger partial charge in [-0.2, -0.15) is 0 Å². The van der Waals surface area contributed by atoms with E-state index in [0.717, 1.165) is 50.0 Å². The smallest absolute Gasteiger partial charge is 0.160 e. The van der Waals surface area contributed by atoms with E-state index in [1.165, 1.54) is 40.3 Å². The van der Waals surface area contributed by atoms with Gasteiger partial charge in [0.2, 0.25) is 0 Å². The zero-order valence-electron chi connectivity index (χ0n) is 23.8. The Kier molecular flexibility index (Phi) is 5.32. The highest BCUT2D eigenvalue weighted by molar-refractivity contribution is 7.26. The Morgan fingerprint density at radius 1 is 0.378 bits per heavy atom. The van der Waals surface area contributed by atoms with Gasteiger partial charge in [0, 0.05) is 67.8 Å². The minimum absolute atomic E-state index is 0.696. The van der Waals surface area contributed by atoms with Crippen LogP contribution in [0.3, 0.4) is 0 Å². The van der Waals surface area contributed by atoms with Crippen LogP contribution < -0.4 is 0 Å². The first-order valence-corrected chi connectivity index (χ1v) is 16.5. The Labute approximate surface area is 265 Å². The van der Waals surface area contributed by atoms with Crippen LogP contribution in [0.4, 0.5) is 0 Å². The van der Waals surface area contributed by atoms with E-state index < -0.39 is 0 Å². The van der Waals surface area contributed by atoms with Crippen molar-refractivity contribution in [3.8, 4) is 33.9 Å². The highest BCUT2D eigenvalue weighted by Gasteiger charge is 2.16. The zero-order chi connectivity index (χ0) is 29.5. The summed E-state index contributed by atoms with van der Waals surface area (Å²) in [6, 6.07) is 47.2. The van der Waals surface area contributed by atoms with Gasteiger partial charge in [0.05, 0.1) is 11.4 Å². The van der Waals surface area contributed by atoms with Gasteiger partial charge in [0.1, 0.15) is 11.2 Å². The summed E-state index contributed by atoms with van der Waals surface area (Å²) in [5.41, 5.74) is 6.67. The molecule has 0 aliphatic heterocycles. The molecule has 0 unspecified atom stereocenters. The molecule has 0 bridgehead atoms. The number of benzene rings is 6. The molecule has 4 aromatic heterocycles. The Bertz CT molecular complexity index is 2650. The topological polar surface area (TPSA) is 38.9 Å². The maximum Gasteiger partial charge on any atom is 0.160 e. The largest absolute Gasteiger partial charge is 0.456 e. The van der Waals surface area contributed by atoms with E-state index in [1.54, 1.807) is 0 Å². The van der Waals surface area contributed by atoms with Crippen molar-refractivity contribution >= 4 is 85.0 Å². The van der Waals surface area contributed by atoms with E-state index in [0.29, 0.717) is 5.82 Å². The average molecular weight is 611 g/mol. The maximum atomic E-state index is 6.12. The van der Waals surface area contributed by atoms with Crippen molar-refractivity contribution in [3.05, 3.63) is 133 Å². The second-order valence-electron chi connectivity index (χ2n) is 11.4. The molecule has 45 heavy (non-hydrogen) atoms. The lowest BCUT2D eigenvalue weighted by Crippen LogP contribution is -1.96. The first-order valence-electron chi connectivity index (χ1n) is 14.9. The van der Waals surface area contributed by atoms with Crippen LogP contribution in [0.1, 0.15) is 0 Å². The summed E-state index contributed by atoms with van der Waals surface area (Å²) < 4.78 is 11.3. The molecule has 0 aliphatic carbocycles. The molecule has 0 atom stereocenters. The third-order valence-electron chi connectivity index (χ3n) is 8.71. The number of hydrogen-bond donors (Lipinski definition) is 0. The second-order valence-corrected chi connectivity index (χ2v) is 13.6. The minimum atomic E-state index is 0.696. The van der Waals surface area contributed by atoms with Crippen LogP contribution in [-0.4, -0.2) is 9.97 Å². The first kappa shape index (κ1) is 25.0. The third kappa shape index (κ3) is 3.95. The number of hydrogen-bond acceptors (Lipinski definition) is 5. The first-order chi connectivity index (χ1) is 22.2. The van der Waals surface area contributed by atoms with Crippen molar-refractivity contribution < 1.29 is 4.42 Å². The van der Waals surface area contributed by atoms with E-state index in [-0.39, 0.29) is 0 Å². The van der Waals surface area contributed by atoms with Gasteiger partial charge in [-0.1, -0.05) is 72.8 Å². The third-order valence-corrected chi connectivity index (χ3v) is 11.0. The number of para-hydroxylation sites is 1. The number of furan rings is 1. The highest BCUT2D eigenvalue weighted by Crippen LogP contribution is 2.39. The lowest BCUT2D eigenvalue weighted by atomic mass is 10.0. The summed E-state index contributed by atoms with van der Waals surface area (Å²) in [5.74, 6) is 0.696. The van der Waals surface area contributed by atoms with Crippen molar-refractivity contribution in [2.24, 2.45) is 0 Å². The van der Waals surface area contributed by atoms with Gasteiger partial charge in [0.25, 0.3) is 0 Å². The van der Waals surface area contributed by atoms with Crippen LogP contribution in [0.5, 0.6) is 0 Å². The zero-order valence-corrected chi connectivity index (χ0v) is 25.5. The fourth-order valence-electron chi connectivity index (χ4n) is 6.51. The molecule has 0 saturated carbocycles.